The molecule has 1 heteroatoms. The molecular weight excluding hydrogens is 347 g/mol. The molecule has 0 heterocycles. The zero-order valence-corrected chi connectivity index (χ0v) is 13.6. The summed E-state index contributed by atoms with van der Waals surface area (Å²) in [5.41, 5.74) is 5.50. The zero-order valence-electron chi connectivity index (χ0n) is 9.96. The van der Waals surface area contributed by atoms with Crippen LogP contribution >= 0.6 is 0 Å². The van der Waals surface area contributed by atoms with Gasteiger partial charge >= 0.3 is 0 Å². The molecule has 2 aromatic carbocycles. The minimum atomic E-state index is 0. The van der Waals surface area contributed by atoms with E-state index in [-0.39, 0.29) is 25.8 Å². The van der Waals surface area contributed by atoms with Crippen molar-refractivity contribution in [3.8, 4) is 0 Å². The molecule has 0 spiro atoms. The van der Waals surface area contributed by atoms with Gasteiger partial charge in [-0.25, -0.2) is 23.8 Å². The fourth-order valence-corrected chi connectivity index (χ4v) is 1.32. The number of rotatable bonds is 0. The zero-order chi connectivity index (χ0) is 10.6. The van der Waals surface area contributed by atoms with E-state index in [9.17, 15) is 0 Å². The molecule has 0 aromatic heterocycles. The first kappa shape index (κ1) is 14.6. The van der Waals surface area contributed by atoms with Crippen LogP contribution in [0.4, 0.5) is 0 Å². The van der Waals surface area contributed by atoms with E-state index >= 15 is 0 Å². The van der Waals surface area contributed by atoms with Crippen LogP contribution in [-0.4, -0.2) is 0 Å². The van der Waals surface area contributed by atoms with Crippen molar-refractivity contribution in [2.75, 3.05) is 0 Å². The van der Waals surface area contributed by atoms with Crippen LogP contribution in [0.5, 0.6) is 0 Å². The molecule has 0 aliphatic carbocycles. The average Bonchev–Trinajstić information content (AvgIpc) is 2.65. The Bertz CT molecular complexity index is 346. The third-order valence-corrected chi connectivity index (χ3v) is 2.38. The maximum absolute atomic E-state index is 2.17. The van der Waals surface area contributed by atoms with E-state index in [1.54, 1.807) is 0 Å². The standard InChI is InChI=1S/2C7H9.Hf/c1-6-3-4-7(2)5-6;1-6-4-3-5-7(6)2;/h2*3-5H,1-2H3;/q2*-1;. The Morgan fingerprint density at radius 3 is 1.80 bits per heavy atom. The van der Waals surface area contributed by atoms with E-state index in [4.69, 9.17) is 0 Å². The molecule has 0 saturated heterocycles. The van der Waals surface area contributed by atoms with E-state index in [1.165, 1.54) is 22.3 Å². The molecule has 0 nitrogen and oxygen atoms in total. The van der Waals surface area contributed by atoms with Gasteiger partial charge in [-0.3, -0.25) is 0 Å². The third-order valence-electron chi connectivity index (χ3n) is 2.38. The van der Waals surface area contributed by atoms with Gasteiger partial charge in [0.2, 0.25) is 0 Å². The number of hydrogen-bond donors (Lipinski definition) is 0. The first-order valence-electron chi connectivity index (χ1n) is 4.98. The summed E-state index contributed by atoms with van der Waals surface area (Å²) >= 11 is 0. The molecule has 0 unspecified atom stereocenters. The van der Waals surface area contributed by atoms with Crippen LogP contribution in [0.1, 0.15) is 22.3 Å². The fourth-order valence-electron chi connectivity index (χ4n) is 1.32. The Morgan fingerprint density at radius 2 is 1.67 bits per heavy atom. The van der Waals surface area contributed by atoms with Crippen LogP contribution in [0, 0.1) is 27.7 Å². The molecule has 0 saturated carbocycles. The van der Waals surface area contributed by atoms with Gasteiger partial charge in [0.05, 0.1) is 0 Å². The van der Waals surface area contributed by atoms with Crippen LogP contribution < -0.4 is 0 Å². The summed E-state index contributed by atoms with van der Waals surface area (Å²) in [5, 5.41) is 0. The third kappa shape index (κ3) is 5.27. The first-order valence-corrected chi connectivity index (χ1v) is 4.98. The second-order valence-electron chi connectivity index (χ2n) is 3.86. The topological polar surface area (TPSA) is 0 Å². The Hall–Kier alpha value is -0.430. The second kappa shape index (κ2) is 6.95. The van der Waals surface area contributed by atoms with E-state index in [0.717, 1.165) is 0 Å². The van der Waals surface area contributed by atoms with Crippen molar-refractivity contribution >= 4 is 0 Å². The maximum atomic E-state index is 2.17. The van der Waals surface area contributed by atoms with Crippen molar-refractivity contribution in [2.45, 2.75) is 27.7 Å². The van der Waals surface area contributed by atoms with Crippen molar-refractivity contribution in [3.63, 3.8) is 0 Å². The summed E-state index contributed by atoms with van der Waals surface area (Å²) in [7, 11) is 0. The van der Waals surface area contributed by atoms with Gasteiger partial charge in [-0.05, 0) is 0 Å². The van der Waals surface area contributed by atoms with E-state index < -0.39 is 0 Å². The predicted molar refractivity (Wildman–Crippen MR) is 63.0 cm³/mol. The molecule has 0 aliphatic rings. The van der Waals surface area contributed by atoms with Crippen molar-refractivity contribution in [2.24, 2.45) is 0 Å². The summed E-state index contributed by atoms with van der Waals surface area (Å²) in [4.78, 5) is 0. The van der Waals surface area contributed by atoms with Gasteiger partial charge in [0.25, 0.3) is 0 Å². The Kier molecular flexibility index (Phi) is 6.75. The Morgan fingerprint density at radius 1 is 1.00 bits per heavy atom. The molecule has 0 bridgehead atoms. The monoisotopic (exact) mass is 366 g/mol. The maximum Gasteiger partial charge on any atom is 0 e. The van der Waals surface area contributed by atoms with E-state index in [0.29, 0.717) is 0 Å². The smallest absolute Gasteiger partial charge is 0 e. The minimum Gasteiger partial charge on any atom is -0.213 e. The molecule has 80 valence electrons. The molecular formula is C14H18Hf-2. The van der Waals surface area contributed by atoms with Gasteiger partial charge in [0.15, 0.2) is 0 Å². The summed E-state index contributed by atoms with van der Waals surface area (Å²) in [6, 6.07) is 12.7. The number of hydrogen-bond acceptors (Lipinski definition) is 0. The Balaban J connectivity index is 0.000000245. The average molecular weight is 365 g/mol. The minimum absolute atomic E-state index is 0. The van der Waals surface area contributed by atoms with E-state index in [1.807, 2.05) is 0 Å². The van der Waals surface area contributed by atoms with E-state index in [2.05, 4.69) is 64.1 Å². The number of aryl methyl sites for hydroxylation is 4. The van der Waals surface area contributed by atoms with Gasteiger partial charge in [-0.15, -0.1) is 0 Å². The molecule has 0 amide bonds. The van der Waals surface area contributed by atoms with Gasteiger partial charge in [0.1, 0.15) is 0 Å². The molecule has 2 aromatic rings. The summed E-state index contributed by atoms with van der Waals surface area (Å²) in [5.74, 6) is 0. The molecule has 15 heavy (non-hydrogen) atoms. The first-order chi connectivity index (χ1) is 6.59. The summed E-state index contributed by atoms with van der Waals surface area (Å²) in [6.45, 7) is 8.45. The Labute approximate surface area is 112 Å². The predicted octanol–water partition coefficient (Wildman–Crippen LogP) is 4.04. The molecule has 2 rings (SSSR count). The van der Waals surface area contributed by atoms with Gasteiger partial charge in [-0.2, -0.15) is 34.9 Å². The molecule has 0 aliphatic heterocycles. The van der Waals surface area contributed by atoms with Crippen molar-refractivity contribution < 1.29 is 25.8 Å². The fraction of sp³-hybridized carbons (Fsp3) is 0.286. The van der Waals surface area contributed by atoms with Gasteiger partial charge in [0, 0.05) is 25.8 Å². The SMILES string of the molecule is Cc1cc[c-](C)c1.Cc1ccc[c-]1C.[Hf]. The van der Waals surface area contributed by atoms with Crippen LogP contribution in [0.25, 0.3) is 0 Å². The van der Waals surface area contributed by atoms with Crippen molar-refractivity contribution in [1.82, 2.24) is 0 Å². The van der Waals surface area contributed by atoms with Crippen LogP contribution in [-0.2, 0) is 25.8 Å². The van der Waals surface area contributed by atoms with Crippen molar-refractivity contribution in [3.05, 3.63) is 58.7 Å². The summed E-state index contributed by atoms with van der Waals surface area (Å²) < 4.78 is 0. The molecule has 0 fully saturated rings. The quantitative estimate of drug-likeness (QED) is 0.489. The van der Waals surface area contributed by atoms with Gasteiger partial charge in [-0.1, -0.05) is 27.7 Å². The molecule has 0 N–H and O–H groups in total. The normalized spacial score (nSPS) is 8.80. The van der Waals surface area contributed by atoms with Crippen LogP contribution in [0.15, 0.2) is 36.4 Å². The van der Waals surface area contributed by atoms with Crippen LogP contribution in [0.2, 0.25) is 0 Å². The summed E-state index contributed by atoms with van der Waals surface area (Å²) in [6.07, 6.45) is 0. The largest absolute Gasteiger partial charge is 0.213 e. The van der Waals surface area contributed by atoms with Crippen molar-refractivity contribution in [1.29, 1.82) is 0 Å². The second-order valence-corrected chi connectivity index (χ2v) is 3.86. The molecule has 0 radical (unpaired) electrons. The van der Waals surface area contributed by atoms with Crippen LogP contribution in [0.3, 0.4) is 0 Å². The van der Waals surface area contributed by atoms with Gasteiger partial charge < -0.3 is 0 Å². The molecule has 0 atom stereocenters.